The van der Waals surface area contributed by atoms with Crippen LogP contribution in [0.2, 0.25) is 0 Å². The molecule has 0 aliphatic heterocycles. The van der Waals surface area contributed by atoms with Gasteiger partial charge in [0.05, 0.1) is 4.99 Å². The van der Waals surface area contributed by atoms with Gasteiger partial charge in [-0.15, -0.1) is 0 Å². The monoisotopic (exact) mass is 240 g/mol. The smallest absolute Gasteiger partial charge is 0.109 e. The molecule has 0 aliphatic carbocycles. The molecule has 0 saturated heterocycles. The topological polar surface area (TPSA) is 47.1 Å². The van der Waals surface area contributed by atoms with Crippen LogP contribution < -0.4 is 5.73 Å². The average Bonchev–Trinajstić information content (AvgIpc) is 2.64. The number of thiocarbonyl (C=S) groups is 1. The summed E-state index contributed by atoms with van der Waals surface area (Å²) in [5.41, 5.74) is 5.50. The number of likely N-dealkylation sites (N-methyl/N-ethyl adjacent to an activating group) is 1. The lowest BCUT2D eigenvalue weighted by molar-refractivity contribution is 0.297. The average molecular weight is 240 g/mol. The molecular weight excluding hydrogens is 220 g/mol. The molecule has 16 heavy (non-hydrogen) atoms. The number of nitrogens with two attached hydrogens (primary N) is 1. The van der Waals surface area contributed by atoms with Crippen molar-refractivity contribution in [2.45, 2.75) is 19.8 Å². The van der Waals surface area contributed by atoms with Crippen molar-refractivity contribution >= 4 is 17.2 Å². The van der Waals surface area contributed by atoms with Crippen LogP contribution in [0.3, 0.4) is 0 Å². The first-order chi connectivity index (χ1) is 7.63. The third-order valence-corrected chi connectivity index (χ3v) is 2.90. The number of hydrogen-bond donors (Lipinski definition) is 1. The van der Waals surface area contributed by atoms with Gasteiger partial charge in [0.1, 0.15) is 5.82 Å². The lowest BCUT2D eigenvalue weighted by atomic mass is 10.3. The normalized spacial score (nSPS) is 10.9. The Morgan fingerprint density at radius 1 is 1.56 bits per heavy atom. The summed E-state index contributed by atoms with van der Waals surface area (Å²) in [5.74, 6) is 1.12. The van der Waals surface area contributed by atoms with Gasteiger partial charge in [-0.05, 0) is 6.54 Å². The fraction of sp³-hybridized carbons (Fsp3) is 0.636. The second kappa shape index (κ2) is 6.60. The predicted octanol–water partition coefficient (Wildman–Crippen LogP) is 0.961. The minimum atomic E-state index is 0.593. The molecule has 0 saturated carbocycles. The minimum absolute atomic E-state index is 0.593. The van der Waals surface area contributed by atoms with Crippen LogP contribution in [-0.4, -0.2) is 39.1 Å². The van der Waals surface area contributed by atoms with Crippen LogP contribution in [0.1, 0.15) is 19.2 Å². The summed E-state index contributed by atoms with van der Waals surface area (Å²) in [6.07, 6.45) is 5.57. The van der Waals surface area contributed by atoms with Crippen LogP contribution in [0.5, 0.6) is 0 Å². The molecule has 0 bridgehead atoms. The van der Waals surface area contributed by atoms with Crippen molar-refractivity contribution in [3.63, 3.8) is 0 Å². The van der Waals surface area contributed by atoms with Crippen molar-refractivity contribution in [1.29, 1.82) is 0 Å². The molecule has 90 valence electrons. The van der Waals surface area contributed by atoms with Crippen LogP contribution in [-0.2, 0) is 13.5 Å². The number of aryl methyl sites for hydroxylation is 1. The second-order valence-corrected chi connectivity index (χ2v) is 4.38. The Labute approximate surface area is 102 Å². The van der Waals surface area contributed by atoms with Crippen LogP contribution in [0.15, 0.2) is 12.4 Å². The van der Waals surface area contributed by atoms with Crippen LogP contribution in [0, 0.1) is 0 Å². The Hall–Kier alpha value is -0.940. The van der Waals surface area contributed by atoms with Gasteiger partial charge in [0.25, 0.3) is 0 Å². The molecule has 0 atom stereocenters. The molecule has 1 aromatic heterocycles. The largest absolute Gasteiger partial charge is 0.393 e. The van der Waals surface area contributed by atoms with Gasteiger partial charge in [0, 0.05) is 45.4 Å². The molecule has 0 amide bonds. The zero-order valence-electron chi connectivity index (χ0n) is 10.0. The van der Waals surface area contributed by atoms with E-state index in [1.165, 1.54) is 0 Å². The van der Waals surface area contributed by atoms with Crippen LogP contribution in [0.4, 0.5) is 0 Å². The molecular formula is C11H20N4S. The van der Waals surface area contributed by atoms with Crippen molar-refractivity contribution in [2.24, 2.45) is 12.8 Å². The fourth-order valence-corrected chi connectivity index (χ4v) is 1.68. The van der Waals surface area contributed by atoms with Crippen molar-refractivity contribution in [3.8, 4) is 0 Å². The Morgan fingerprint density at radius 2 is 2.31 bits per heavy atom. The molecule has 1 rings (SSSR count). The van der Waals surface area contributed by atoms with Crippen LogP contribution >= 0.6 is 12.2 Å². The van der Waals surface area contributed by atoms with Gasteiger partial charge < -0.3 is 15.2 Å². The van der Waals surface area contributed by atoms with Gasteiger partial charge >= 0.3 is 0 Å². The van der Waals surface area contributed by atoms with Gasteiger partial charge in [0.2, 0.25) is 0 Å². The molecule has 1 heterocycles. The highest BCUT2D eigenvalue weighted by molar-refractivity contribution is 7.80. The van der Waals surface area contributed by atoms with E-state index in [0.717, 1.165) is 38.3 Å². The van der Waals surface area contributed by atoms with Gasteiger partial charge in [-0.3, -0.25) is 0 Å². The lowest BCUT2D eigenvalue weighted by Crippen LogP contribution is -2.30. The van der Waals surface area contributed by atoms with E-state index in [0.29, 0.717) is 4.99 Å². The van der Waals surface area contributed by atoms with E-state index in [4.69, 9.17) is 18.0 Å². The minimum Gasteiger partial charge on any atom is -0.393 e. The molecule has 4 nitrogen and oxygen atoms in total. The zero-order valence-corrected chi connectivity index (χ0v) is 10.8. The van der Waals surface area contributed by atoms with Gasteiger partial charge in [-0.25, -0.2) is 4.98 Å². The first-order valence-corrected chi connectivity index (χ1v) is 6.01. The molecule has 1 aromatic rings. The molecule has 5 heteroatoms. The summed E-state index contributed by atoms with van der Waals surface area (Å²) in [4.78, 5) is 7.24. The maximum absolute atomic E-state index is 5.50. The number of nitrogens with zero attached hydrogens (tertiary/aromatic N) is 3. The Kier molecular flexibility index (Phi) is 5.42. The van der Waals surface area contributed by atoms with E-state index in [1.54, 1.807) is 0 Å². The van der Waals surface area contributed by atoms with E-state index in [1.807, 2.05) is 19.4 Å². The van der Waals surface area contributed by atoms with E-state index in [-0.39, 0.29) is 0 Å². The Balaban J connectivity index is 2.34. The maximum atomic E-state index is 5.50. The molecule has 0 radical (unpaired) electrons. The summed E-state index contributed by atoms with van der Waals surface area (Å²) >= 11 is 4.88. The molecule has 0 fully saturated rings. The summed E-state index contributed by atoms with van der Waals surface area (Å²) in [5, 5.41) is 0. The summed E-state index contributed by atoms with van der Waals surface area (Å²) in [6.45, 7) is 5.12. The van der Waals surface area contributed by atoms with Crippen molar-refractivity contribution in [2.75, 3.05) is 19.6 Å². The van der Waals surface area contributed by atoms with Gasteiger partial charge in [0.15, 0.2) is 0 Å². The van der Waals surface area contributed by atoms with E-state index < -0.39 is 0 Å². The third-order valence-electron chi connectivity index (χ3n) is 2.69. The SMILES string of the molecule is CCN(CCC(N)=S)CCc1nccn1C. The highest BCUT2D eigenvalue weighted by Crippen LogP contribution is 1.99. The first-order valence-electron chi connectivity index (χ1n) is 5.60. The van der Waals surface area contributed by atoms with Crippen molar-refractivity contribution in [1.82, 2.24) is 14.5 Å². The van der Waals surface area contributed by atoms with Crippen LogP contribution in [0.25, 0.3) is 0 Å². The number of rotatable bonds is 7. The number of aromatic nitrogens is 2. The van der Waals surface area contributed by atoms with Gasteiger partial charge in [-0.2, -0.15) is 0 Å². The number of hydrogen-bond acceptors (Lipinski definition) is 3. The molecule has 0 aliphatic rings. The maximum Gasteiger partial charge on any atom is 0.109 e. The van der Waals surface area contributed by atoms with E-state index >= 15 is 0 Å². The van der Waals surface area contributed by atoms with Gasteiger partial charge in [-0.1, -0.05) is 19.1 Å². The lowest BCUT2D eigenvalue weighted by Gasteiger charge is -2.19. The Bertz CT molecular complexity index is 334. The fourth-order valence-electron chi connectivity index (χ4n) is 1.59. The van der Waals surface area contributed by atoms with Crippen molar-refractivity contribution in [3.05, 3.63) is 18.2 Å². The third kappa shape index (κ3) is 4.28. The summed E-state index contributed by atoms with van der Waals surface area (Å²) in [7, 11) is 2.02. The molecule has 0 unspecified atom stereocenters. The zero-order chi connectivity index (χ0) is 12.0. The predicted molar refractivity (Wildman–Crippen MR) is 70.4 cm³/mol. The van der Waals surface area contributed by atoms with Crippen molar-refractivity contribution < 1.29 is 0 Å². The first kappa shape index (κ1) is 13.1. The molecule has 2 N–H and O–H groups in total. The highest BCUT2D eigenvalue weighted by Gasteiger charge is 2.05. The summed E-state index contributed by atoms with van der Waals surface area (Å²) < 4.78 is 2.06. The Morgan fingerprint density at radius 3 is 2.81 bits per heavy atom. The quantitative estimate of drug-likeness (QED) is 0.721. The summed E-state index contributed by atoms with van der Waals surface area (Å²) in [6, 6.07) is 0. The number of imidazole rings is 1. The van der Waals surface area contributed by atoms with E-state index in [2.05, 4.69) is 21.4 Å². The second-order valence-electron chi connectivity index (χ2n) is 3.85. The molecule has 0 aromatic carbocycles. The standard InChI is InChI=1S/C11H20N4S/c1-3-15(7-4-10(12)16)8-5-11-13-6-9-14(11)2/h6,9H,3-5,7-8H2,1-2H3,(H2,12,16). The molecule has 0 spiro atoms. The highest BCUT2D eigenvalue weighted by atomic mass is 32.1. The van der Waals surface area contributed by atoms with E-state index in [9.17, 15) is 0 Å².